The van der Waals surface area contributed by atoms with E-state index in [0.717, 1.165) is 34.2 Å². The number of ether oxygens (including phenoxy) is 1. The van der Waals surface area contributed by atoms with E-state index in [0.29, 0.717) is 42.6 Å². The zero-order chi connectivity index (χ0) is 33.1. The molecule has 45 heavy (non-hydrogen) atoms. The molecular formula is C31H26ClF5N4O4. The Bertz CT molecular complexity index is 1690. The molecule has 0 spiro atoms. The van der Waals surface area contributed by atoms with E-state index in [-0.39, 0.29) is 0 Å². The zero-order valence-electron chi connectivity index (χ0n) is 23.7. The summed E-state index contributed by atoms with van der Waals surface area (Å²) < 4.78 is 62.0. The van der Waals surface area contributed by atoms with Crippen LogP contribution < -0.4 is 10.2 Å². The van der Waals surface area contributed by atoms with Crippen LogP contribution in [-0.4, -0.2) is 61.5 Å². The van der Waals surface area contributed by atoms with Gasteiger partial charge in [0.15, 0.2) is 0 Å². The molecule has 8 nitrogen and oxygen atoms in total. The minimum Gasteiger partial charge on any atom is -0.480 e. The maximum absolute atomic E-state index is 13.9. The number of alkyl halides is 3. The van der Waals surface area contributed by atoms with Gasteiger partial charge in [-0.1, -0.05) is 35.9 Å². The van der Waals surface area contributed by atoms with Crippen LogP contribution in [0.2, 0.25) is 5.02 Å². The van der Waals surface area contributed by atoms with Gasteiger partial charge < -0.3 is 20.1 Å². The van der Waals surface area contributed by atoms with Crippen LogP contribution in [0, 0.1) is 29.9 Å². The molecule has 1 saturated heterocycles. The fourth-order valence-electron chi connectivity index (χ4n) is 4.36. The molecule has 1 aliphatic rings. The molecule has 14 heteroatoms. The van der Waals surface area contributed by atoms with Crippen LogP contribution in [0.25, 0.3) is 22.0 Å². The van der Waals surface area contributed by atoms with Gasteiger partial charge in [0.2, 0.25) is 0 Å². The summed E-state index contributed by atoms with van der Waals surface area (Å²) in [4.78, 5) is 28.2. The van der Waals surface area contributed by atoms with Gasteiger partial charge >= 0.3 is 12.6 Å². The van der Waals surface area contributed by atoms with Gasteiger partial charge in [-0.25, -0.2) is 8.78 Å². The third kappa shape index (κ3) is 9.59. The molecule has 0 atom stereocenters. The number of rotatable bonds is 5. The quantitative estimate of drug-likeness (QED) is 0.237. The van der Waals surface area contributed by atoms with Crippen molar-refractivity contribution in [3.8, 4) is 17.2 Å². The molecule has 2 heterocycles. The molecule has 0 saturated carbocycles. The number of nitrogens with zero attached hydrogens (tertiary/aromatic N) is 3. The molecule has 1 fully saturated rings. The fourth-order valence-corrected chi connectivity index (χ4v) is 4.64. The van der Waals surface area contributed by atoms with Crippen molar-refractivity contribution in [1.82, 2.24) is 10.3 Å². The predicted molar refractivity (Wildman–Crippen MR) is 158 cm³/mol. The van der Waals surface area contributed by atoms with E-state index in [4.69, 9.17) is 26.7 Å². The first kappa shape index (κ1) is 34.7. The standard InChI is InChI=1S/C17H11ClN2.C13H14F2N2O4.CHF3/c1-11-4-6-15(17-13(11)3-2-8-20-17)14-7-5-12(10-19)9-16(14)18;14-9-5-8(17-1-3-21-4-2-17)6-10(15)12(9)13(20)16-7-11(18)19;2-1(3)4/h2-9H,1H3;5-6H,1-4,7H2,(H,16,20)(H,18,19);1H. The number of carboxylic acid groups (broad SMARTS) is 1. The van der Waals surface area contributed by atoms with E-state index in [1.165, 1.54) is 5.56 Å². The molecule has 2 N–H and O–H groups in total. The first-order valence-electron chi connectivity index (χ1n) is 13.2. The number of pyridine rings is 1. The molecule has 4 aromatic rings. The molecule has 0 bridgehead atoms. The minimum absolute atomic E-state index is 0.322. The van der Waals surface area contributed by atoms with Gasteiger partial charge in [0.05, 0.1) is 30.4 Å². The van der Waals surface area contributed by atoms with Crippen molar-refractivity contribution >= 4 is 40.1 Å². The number of carbonyl (C=O) groups excluding carboxylic acids is 1. The maximum Gasteiger partial charge on any atom is 0.379 e. The van der Waals surface area contributed by atoms with Crippen molar-refractivity contribution in [2.75, 3.05) is 37.7 Å². The van der Waals surface area contributed by atoms with Crippen molar-refractivity contribution in [2.45, 2.75) is 13.6 Å². The molecule has 236 valence electrons. The van der Waals surface area contributed by atoms with Crippen LogP contribution >= 0.6 is 11.6 Å². The van der Waals surface area contributed by atoms with Gasteiger partial charge in [-0.05, 0) is 42.8 Å². The lowest BCUT2D eigenvalue weighted by Crippen LogP contribution is -2.36. The number of carbonyl (C=O) groups is 2. The molecule has 1 aliphatic heterocycles. The van der Waals surface area contributed by atoms with Crippen LogP contribution in [0.5, 0.6) is 0 Å². The molecular weight excluding hydrogens is 623 g/mol. The number of benzene rings is 3. The van der Waals surface area contributed by atoms with Crippen LogP contribution in [0.15, 0.2) is 60.8 Å². The summed E-state index contributed by atoms with van der Waals surface area (Å²) in [5, 5.41) is 21.0. The van der Waals surface area contributed by atoms with E-state index >= 15 is 0 Å². The monoisotopic (exact) mass is 648 g/mol. The third-order valence-corrected chi connectivity index (χ3v) is 6.72. The Morgan fingerprint density at radius 2 is 1.69 bits per heavy atom. The van der Waals surface area contributed by atoms with Crippen molar-refractivity contribution in [3.05, 3.63) is 94.1 Å². The highest BCUT2D eigenvalue weighted by Crippen LogP contribution is 2.34. The molecule has 1 amide bonds. The smallest absolute Gasteiger partial charge is 0.379 e. The summed E-state index contributed by atoms with van der Waals surface area (Å²) in [6.07, 6.45) is 1.78. The van der Waals surface area contributed by atoms with E-state index in [1.807, 2.05) is 23.5 Å². The summed E-state index contributed by atoms with van der Waals surface area (Å²) in [5.74, 6) is -4.45. The van der Waals surface area contributed by atoms with Gasteiger partial charge in [-0.15, -0.1) is 0 Å². The SMILES string of the molecule is Cc1ccc(-c2ccc(C#N)cc2Cl)c2ncccc12.FC(F)F.O=C(O)CNC(=O)c1c(F)cc(N2CCOCC2)cc1F. The Labute approximate surface area is 259 Å². The largest absolute Gasteiger partial charge is 0.480 e. The summed E-state index contributed by atoms with van der Waals surface area (Å²) in [7, 11) is 0. The first-order valence-corrected chi connectivity index (χ1v) is 13.6. The zero-order valence-corrected chi connectivity index (χ0v) is 24.4. The number of anilines is 1. The minimum atomic E-state index is -3.67. The number of aryl methyl sites for hydroxylation is 1. The summed E-state index contributed by atoms with van der Waals surface area (Å²) in [5.41, 5.74) is 4.09. The highest BCUT2D eigenvalue weighted by Gasteiger charge is 2.22. The van der Waals surface area contributed by atoms with Gasteiger partial charge in [0.25, 0.3) is 5.91 Å². The average molecular weight is 649 g/mol. The van der Waals surface area contributed by atoms with Crippen molar-refractivity contribution < 1.29 is 41.4 Å². The lowest BCUT2D eigenvalue weighted by molar-refractivity contribution is -0.135. The second-order valence-electron chi connectivity index (χ2n) is 9.34. The average Bonchev–Trinajstić information content (AvgIpc) is 3.01. The maximum atomic E-state index is 13.9. The molecule has 0 unspecified atom stereocenters. The number of amides is 1. The van der Waals surface area contributed by atoms with Gasteiger partial charge in [-0.2, -0.15) is 18.4 Å². The third-order valence-electron chi connectivity index (χ3n) is 6.41. The predicted octanol–water partition coefficient (Wildman–Crippen LogP) is 6.53. The Kier molecular flexibility index (Phi) is 12.6. The van der Waals surface area contributed by atoms with E-state index in [9.17, 15) is 31.5 Å². The molecule has 0 radical (unpaired) electrons. The second-order valence-corrected chi connectivity index (χ2v) is 9.75. The van der Waals surface area contributed by atoms with E-state index < -0.39 is 42.3 Å². The number of aliphatic carboxylic acids is 1. The number of morpholine rings is 1. The number of hydrogen-bond acceptors (Lipinski definition) is 6. The first-order chi connectivity index (χ1) is 21.4. The normalized spacial score (nSPS) is 12.4. The van der Waals surface area contributed by atoms with Crippen molar-refractivity contribution in [1.29, 1.82) is 5.26 Å². The summed E-state index contributed by atoms with van der Waals surface area (Å²) >= 11 is 6.30. The molecule has 0 aliphatic carbocycles. The topological polar surface area (TPSA) is 116 Å². The molecule has 5 rings (SSSR count). The Hall–Kier alpha value is -4.80. The van der Waals surface area contributed by atoms with Crippen LogP contribution in [-0.2, 0) is 9.53 Å². The van der Waals surface area contributed by atoms with Gasteiger partial charge in [0.1, 0.15) is 23.7 Å². The molecule has 1 aromatic heterocycles. The number of nitriles is 1. The summed E-state index contributed by atoms with van der Waals surface area (Å²) in [6, 6.07) is 17.6. The lowest BCUT2D eigenvalue weighted by Gasteiger charge is -2.29. The highest BCUT2D eigenvalue weighted by atomic mass is 35.5. The van der Waals surface area contributed by atoms with Crippen LogP contribution in [0.3, 0.4) is 0 Å². The Morgan fingerprint density at radius 3 is 2.27 bits per heavy atom. The number of nitrogens with one attached hydrogen (secondary N) is 1. The lowest BCUT2D eigenvalue weighted by atomic mass is 9.98. The molecule has 3 aromatic carbocycles. The van der Waals surface area contributed by atoms with E-state index in [1.54, 1.807) is 23.2 Å². The van der Waals surface area contributed by atoms with Crippen LogP contribution in [0.1, 0.15) is 21.5 Å². The summed E-state index contributed by atoms with van der Waals surface area (Å²) in [6.45, 7) is -0.377. The Morgan fingerprint density at radius 1 is 1.07 bits per heavy atom. The number of carboxylic acids is 1. The number of aromatic nitrogens is 1. The highest BCUT2D eigenvalue weighted by molar-refractivity contribution is 6.33. The fraction of sp³-hybridized carbons (Fsp3) is 0.226. The number of hydrogen-bond donors (Lipinski definition) is 2. The van der Waals surface area contributed by atoms with Crippen molar-refractivity contribution in [3.63, 3.8) is 0 Å². The van der Waals surface area contributed by atoms with Gasteiger partial charge in [0, 0.05) is 46.5 Å². The number of halogens is 6. The van der Waals surface area contributed by atoms with Crippen molar-refractivity contribution in [2.24, 2.45) is 0 Å². The van der Waals surface area contributed by atoms with E-state index in [2.05, 4.69) is 30.1 Å². The van der Waals surface area contributed by atoms with Crippen LogP contribution in [0.4, 0.5) is 27.6 Å². The number of fused-ring (bicyclic) bond motifs is 1. The van der Waals surface area contributed by atoms with Gasteiger partial charge in [-0.3, -0.25) is 14.6 Å². The Balaban J connectivity index is 0.000000220. The second kappa shape index (κ2) is 16.3.